The number of hydrogen-bond donors (Lipinski definition) is 2. The zero-order valence-corrected chi connectivity index (χ0v) is 13.6. The van der Waals surface area contributed by atoms with Gasteiger partial charge in [-0.25, -0.2) is 9.07 Å². The smallest absolute Gasteiger partial charge is 0.271 e. The van der Waals surface area contributed by atoms with E-state index in [2.05, 4.69) is 10.4 Å². The predicted octanol–water partition coefficient (Wildman–Crippen LogP) is 2.54. The zero-order valence-electron chi connectivity index (χ0n) is 13.6. The van der Waals surface area contributed by atoms with Gasteiger partial charge < -0.3 is 10.4 Å². The molecule has 0 fully saturated rings. The second kappa shape index (κ2) is 6.91. The van der Waals surface area contributed by atoms with Crippen molar-refractivity contribution in [2.24, 2.45) is 5.41 Å². The molecule has 2 rings (SSSR count). The van der Waals surface area contributed by atoms with Gasteiger partial charge in [-0.3, -0.25) is 4.79 Å². The third-order valence-corrected chi connectivity index (χ3v) is 3.47. The molecule has 0 saturated carbocycles. The van der Waals surface area contributed by atoms with E-state index in [-0.39, 0.29) is 22.8 Å². The van der Waals surface area contributed by atoms with E-state index in [9.17, 15) is 14.3 Å². The molecule has 0 aliphatic rings. The van der Waals surface area contributed by atoms with Gasteiger partial charge in [0.1, 0.15) is 5.82 Å². The summed E-state index contributed by atoms with van der Waals surface area (Å²) in [4.78, 5) is 12.2. The monoisotopic (exact) mass is 319 g/mol. The Morgan fingerprint density at radius 2 is 2.17 bits per heavy atom. The number of hydrogen-bond acceptors (Lipinski definition) is 3. The number of nitrogens with zero attached hydrogens (tertiary/aromatic N) is 2. The maximum Gasteiger partial charge on any atom is 0.271 e. The second-order valence-corrected chi connectivity index (χ2v) is 6.53. The number of aliphatic hydroxyl groups is 1. The highest BCUT2D eigenvalue weighted by atomic mass is 19.1. The van der Waals surface area contributed by atoms with Crippen molar-refractivity contribution in [2.45, 2.75) is 33.3 Å². The first kappa shape index (κ1) is 17.1. The molecule has 1 atom stereocenters. The fraction of sp³-hybridized carbons (Fsp3) is 0.412. The summed E-state index contributed by atoms with van der Waals surface area (Å²) in [6.07, 6.45) is 1.78. The number of carbonyl (C=O) groups is 1. The van der Waals surface area contributed by atoms with Gasteiger partial charge in [-0.2, -0.15) is 5.10 Å². The van der Waals surface area contributed by atoms with Crippen LogP contribution in [0.15, 0.2) is 36.5 Å². The zero-order chi connectivity index (χ0) is 17.0. The van der Waals surface area contributed by atoms with Crippen LogP contribution < -0.4 is 5.32 Å². The van der Waals surface area contributed by atoms with E-state index in [4.69, 9.17) is 0 Å². The summed E-state index contributed by atoms with van der Waals surface area (Å²) in [5.74, 6) is -0.650. The second-order valence-electron chi connectivity index (χ2n) is 6.53. The van der Waals surface area contributed by atoms with E-state index < -0.39 is 6.10 Å². The summed E-state index contributed by atoms with van der Waals surface area (Å²) in [7, 11) is 0. The Balaban J connectivity index is 2.01. The topological polar surface area (TPSA) is 67.2 Å². The first-order valence-corrected chi connectivity index (χ1v) is 7.55. The fourth-order valence-electron chi connectivity index (χ4n) is 2.49. The minimum absolute atomic E-state index is 0.213. The van der Waals surface area contributed by atoms with Gasteiger partial charge in [0.15, 0.2) is 5.69 Å². The molecule has 6 heteroatoms. The molecule has 23 heavy (non-hydrogen) atoms. The molecule has 0 bridgehead atoms. The van der Waals surface area contributed by atoms with Crippen molar-refractivity contribution in [1.82, 2.24) is 15.1 Å². The third-order valence-electron chi connectivity index (χ3n) is 3.47. The van der Waals surface area contributed by atoms with Crippen molar-refractivity contribution in [2.75, 3.05) is 6.54 Å². The molecular formula is C17H22FN3O2. The molecule has 0 aliphatic carbocycles. The molecule has 0 radical (unpaired) electrons. The molecule has 1 unspecified atom stereocenters. The molecule has 1 aromatic heterocycles. The average Bonchev–Trinajstić information content (AvgIpc) is 2.93. The summed E-state index contributed by atoms with van der Waals surface area (Å²) < 4.78 is 14.7. The number of halogens is 1. The maximum absolute atomic E-state index is 13.2. The number of rotatable bonds is 6. The van der Waals surface area contributed by atoms with Gasteiger partial charge in [0.05, 0.1) is 11.8 Å². The molecule has 124 valence electrons. The largest absolute Gasteiger partial charge is 0.393 e. The van der Waals surface area contributed by atoms with Gasteiger partial charge in [0.25, 0.3) is 5.91 Å². The third kappa shape index (κ3) is 4.89. The van der Waals surface area contributed by atoms with E-state index in [0.717, 1.165) is 0 Å². The SMILES string of the molecule is CC(O)CC(C)(C)CNC(=O)c1ccn(-c2cccc(F)c2)n1. The van der Waals surface area contributed by atoms with Crippen molar-refractivity contribution in [1.29, 1.82) is 0 Å². The summed E-state index contributed by atoms with van der Waals surface area (Å²) >= 11 is 0. The highest BCUT2D eigenvalue weighted by Gasteiger charge is 2.22. The lowest BCUT2D eigenvalue weighted by Gasteiger charge is -2.26. The van der Waals surface area contributed by atoms with Crippen LogP contribution in [0.1, 0.15) is 37.7 Å². The van der Waals surface area contributed by atoms with Gasteiger partial charge in [-0.05, 0) is 43.0 Å². The standard InChI is InChI=1S/C17H22FN3O2/c1-12(22)10-17(2,3)11-19-16(23)15-7-8-21(20-15)14-6-4-5-13(18)9-14/h4-9,12,22H,10-11H2,1-3H3,(H,19,23). The molecule has 5 nitrogen and oxygen atoms in total. The quantitative estimate of drug-likeness (QED) is 0.860. The molecular weight excluding hydrogens is 297 g/mol. The first-order valence-electron chi connectivity index (χ1n) is 7.55. The normalized spacial score (nSPS) is 12.9. The minimum Gasteiger partial charge on any atom is -0.393 e. The summed E-state index contributed by atoms with van der Waals surface area (Å²) in [5.41, 5.74) is 0.607. The highest BCUT2D eigenvalue weighted by molar-refractivity contribution is 5.92. The molecule has 0 saturated heterocycles. The van der Waals surface area contributed by atoms with Crippen LogP contribution in [0.2, 0.25) is 0 Å². The van der Waals surface area contributed by atoms with Crippen molar-refractivity contribution in [3.63, 3.8) is 0 Å². The molecule has 1 heterocycles. The van der Waals surface area contributed by atoms with Gasteiger partial charge in [0.2, 0.25) is 0 Å². The van der Waals surface area contributed by atoms with Crippen LogP contribution in [0.4, 0.5) is 4.39 Å². The van der Waals surface area contributed by atoms with Gasteiger partial charge in [-0.1, -0.05) is 19.9 Å². The molecule has 0 spiro atoms. The lowest BCUT2D eigenvalue weighted by Crippen LogP contribution is -2.35. The number of carbonyl (C=O) groups excluding carboxylic acids is 1. The van der Waals surface area contributed by atoms with Gasteiger partial charge >= 0.3 is 0 Å². The Labute approximate surface area is 135 Å². The van der Waals surface area contributed by atoms with Crippen LogP contribution in [0.25, 0.3) is 5.69 Å². The van der Waals surface area contributed by atoms with Crippen molar-refractivity contribution >= 4 is 5.91 Å². The van der Waals surface area contributed by atoms with Crippen molar-refractivity contribution in [3.8, 4) is 5.69 Å². The van der Waals surface area contributed by atoms with E-state index in [0.29, 0.717) is 18.7 Å². The maximum atomic E-state index is 13.2. The predicted molar refractivity (Wildman–Crippen MR) is 85.9 cm³/mol. The molecule has 2 N–H and O–H groups in total. The highest BCUT2D eigenvalue weighted by Crippen LogP contribution is 2.21. The fourth-order valence-corrected chi connectivity index (χ4v) is 2.49. The van der Waals surface area contributed by atoms with Crippen molar-refractivity contribution in [3.05, 3.63) is 48.0 Å². The van der Waals surface area contributed by atoms with Crippen LogP contribution >= 0.6 is 0 Å². The van der Waals surface area contributed by atoms with Crippen LogP contribution in [0.5, 0.6) is 0 Å². The van der Waals surface area contributed by atoms with E-state index in [1.165, 1.54) is 16.8 Å². The lowest BCUT2D eigenvalue weighted by molar-refractivity contribution is 0.0897. The average molecular weight is 319 g/mol. The first-order chi connectivity index (χ1) is 10.8. The summed E-state index contributed by atoms with van der Waals surface area (Å²) in [6, 6.07) is 7.58. The number of nitrogens with one attached hydrogen (secondary N) is 1. The van der Waals surface area contributed by atoms with Crippen LogP contribution in [0.3, 0.4) is 0 Å². The molecule has 0 aliphatic heterocycles. The molecule has 1 aromatic carbocycles. The van der Waals surface area contributed by atoms with E-state index in [1.54, 1.807) is 31.3 Å². The van der Waals surface area contributed by atoms with Gasteiger partial charge in [0, 0.05) is 12.7 Å². The number of benzene rings is 1. The Bertz CT molecular complexity index is 680. The Kier molecular flexibility index (Phi) is 5.15. The van der Waals surface area contributed by atoms with Crippen LogP contribution in [-0.4, -0.2) is 33.4 Å². The Morgan fingerprint density at radius 3 is 2.83 bits per heavy atom. The molecule has 1 amide bonds. The van der Waals surface area contributed by atoms with E-state index >= 15 is 0 Å². The summed E-state index contributed by atoms with van der Waals surface area (Å²) in [5, 5.41) is 16.5. The number of aliphatic hydroxyl groups excluding tert-OH is 1. The lowest BCUT2D eigenvalue weighted by atomic mass is 9.87. The number of amides is 1. The number of aromatic nitrogens is 2. The van der Waals surface area contributed by atoms with Crippen LogP contribution in [0, 0.1) is 11.2 Å². The molecule has 2 aromatic rings. The van der Waals surface area contributed by atoms with Crippen molar-refractivity contribution < 1.29 is 14.3 Å². The minimum atomic E-state index is -0.422. The Morgan fingerprint density at radius 1 is 1.43 bits per heavy atom. The van der Waals surface area contributed by atoms with E-state index in [1.807, 2.05) is 13.8 Å². The summed E-state index contributed by atoms with van der Waals surface area (Å²) in [6.45, 7) is 6.12. The van der Waals surface area contributed by atoms with Gasteiger partial charge in [-0.15, -0.1) is 0 Å². The van der Waals surface area contributed by atoms with Crippen LogP contribution in [-0.2, 0) is 0 Å². The Hall–Kier alpha value is -2.21.